The van der Waals surface area contributed by atoms with Gasteiger partial charge in [0, 0.05) is 19.6 Å². The summed E-state index contributed by atoms with van der Waals surface area (Å²) in [6, 6.07) is 5.83. The highest BCUT2D eigenvalue weighted by Gasteiger charge is 2.30. The van der Waals surface area contributed by atoms with Gasteiger partial charge in [0.05, 0.1) is 13.2 Å². The highest BCUT2D eigenvalue weighted by molar-refractivity contribution is 5.85. The minimum atomic E-state index is -4.65. The maximum atomic E-state index is 12.0. The molecule has 0 aliphatic heterocycles. The van der Waals surface area contributed by atoms with Crippen molar-refractivity contribution in [3.63, 3.8) is 0 Å². The molecule has 0 saturated carbocycles. The number of nitrogens with two attached hydrogens (primary N) is 1. The second kappa shape index (κ2) is 9.83. The summed E-state index contributed by atoms with van der Waals surface area (Å²) in [5.74, 6) is -0.213. The van der Waals surface area contributed by atoms with Crippen LogP contribution in [0.25, 0.3) is 0 Å². The fourth-order valence-corrected chi connectivity index (χ4v) is 1.59. The van der Waals surface area contributed by atoms with Gasteiger partial charge in [-0.1, -0.05) is 12.1 Å². The summed E-state index contributed by atoms with van der Waals surface area (Å²) < 4.78 is 45.1. The SMILES string of the molecule is CN(CCOCCN)Cc1ccc(OC(F)(F)F)cc1.Cl. The molecule has 0 aliphatic carbocycles. The smallest absolute Gasteiger partial charge is 0.406 e. The Kier molecular flexibility index (Phi) is 9.36. The second-order valence-electron chi connectivity index (χ2n) is 4.33. The molecule has 0 aromatic heterocycles. The number of ether oxygens (including phenoxy) is 2. The molecular formula is C13H20ClF3N2O2. The van der Waals surface area contributed by atoms with E-state index in [2.05, 4.69) is 4.74 Å². The van der Waals surface area contributed by atoms with Crippen LogP contribution >= 0.6 is 12.4 Å². The van der Waals surface area contributed by atoms with Gasteiger partial charge in [0.2, 0.25) is 0 Å². The monoisotopic (exact) mass is 328 g/mol. The van der Waals surface area contributed by atoms with Gasteiger partial charge in [0.1, 0.15) is 5.75 Å². The van der Waals surface area contributed by atoms with E-state index in [9.17, 15) is 13.2 Å². The van der Waals surface area contributed by atoms with Crippen molar-refractivity contribution < 1.29 is 22.6 Å². The standard InChI is InChI=1S/C13H19F3N2O2.ClH/c1-18(7-9-19-8-6-17)10-11-2-4-12(5-3-11)20-13(14,15)16;/h2-5H,6-10,17H2,1H3;1H. The molecule has 0 fully saturated rings. The van der Waals surface area contributed by atoms with Crippen LogP contribution in [0.1, 0.15) is 5.56 Å². The Hall–Kier alpha value is -1.02. The van der Waals surface area contributed by atoms with Gasteiger partial charge in [-0.2, -0.15) is 0 Å². The third-order valence-electron chi connectivity index (χ3n) is 2.49. The number of likely N-dealkylation sites (N-methyl/N-ethyl adjacent to an activating group) is 1. The van der Waals surface area contributed by atoms with Gasteiger partial charge in [0.15, 0.2) is 0 Å². The Morgan fingerprint density at radius 2 is 1.76 bits per heavy atom. The summed E-state index contributed by atoms with van der Waals surface area (Å²) in [4.78, 5) is 2.01. The topological polar surface area (TPSA) is 47.7 Å². The molecule has 1 aromatic rings. The van der Waals surface area contributed by atoms with E-state index in [-0.39, 0.29) is 18.2 Å². The second-order valence-corrected chi connectivity index (χ2v) is 4.33. The predicted octanol–water partition coefficient (Wildman–Crippen LogP) is 2.41. The Morgan fingerprint density at radius 3 is 2.29 bits per heavy atom. The maximum absolute atomic E-state index is 12.0. The lowest BCUT2D eigenvalue weighted by atomic mass is 10.2. The maximum Gasteiger partial charge on any atom is 0.573 e. The molecular weight excluding hydrogens is 309 g/mol. The van der Waals surface area contributed by atoms with Crippen molar-refractivity contribution in [1.29, 1.82) is 0 Å². The third kappa shape index (κ3) is 9.52. The van der Waals surface area contributed by atoms with E-state index in [0.717, 1.165) is 12.1 Å². The van der Waals surface area contributed by atoms with Gasteiger partial charge >= 0.3 is 6.36 Å². The van der Waals surface area contributed by atoms with E-state index < -0.39 is 6.36 Å². The summed E-state index contributed by atoms with van der Waals surface area (Å²) in [7, 11) is 1.91. The first kappa shape index (κ1) is 20.0. The lowest BCUT2D eigenvalue weighted by Gasteiger charge is -2.17. The minimum Gasteiger partial charge on any atom is -0.406 e. The lowest BCUT2D eigenvalue weighted by molar-refractivity contribution is -0.274. The van der Waals surface area contributed by atoms with Crippen molar-refractivity contribution in [2.45, 2.75) is 12.9 Å². The molecule has 1 aromatic carbocycles. The summed E-state index contributed by atoms with van der Waals surface area (Å²) in [5, 5.41) is 0. The van der Waals surface area contributed by atoms with E-state index in [0.29, 0.717) is 26.3 Å². The summed E-state index contributed by atoms with van der Waals surface area (Å²) in [6.07, 6.45) is -4.65. The van der Waals surface area contributed by atoms with Crippen molar-refractivity contribution in [3.05, 3.63) is 29.8 Å². The van der Waals surface area contributed by atoms with Crippen LogP contribution in [-0.4, -0.2) is 44.6 Å². The quantitative estimate of drug-likeness (QED) is 0.745. The largest absolute Gasteiger partial charge is 0.573 e. The van der Waals surface area contributed by atoms with Crippen molar-refractivity contribution >= 4 is 12.4 Å². The Labute approximate surface area is 128 Å². The summed E-state index contributed by atoms with van der Waals surface area (Å²) >= 11 is 0. The highest BCUT2D eigenvalue weighted by Crippen LogP contribution is 2.22. The molecule has 0 radical (unpaired) electrons. The molecule has 4 nitrogen and oxygen atoms in total. The molecule has 21 heavy (non-hydrogen) atoms. The molecule has 0 spiro atoms. The number of hydrogen-bond donors (Lipinski definition) is 1. The number of alkyl halides is 3. The van der Waals surface area contributed by atoms with E-state index in [1.54, 1.807) is 12.1 Å². The normalized spacial score (nSPS) is 11.3. The fourth-order valence-electron chi connectivity index (χ4n) is 1.59. The molecule has 2 N–H and O–H groups in total. The number of hydrogen-bond acceptors (Lipinski definition) is 4. The predicted molar refractivity (Wildman–Crippen MR) is 76.6 cm³/mol. The molecule has 0 heterocycles. The van der Waals surface area contributed by atoms with Gasteiger partial charge < -0.3 is 15.2 Å². The van der Waals surface area contributed by atoms with Gasteiger partial charge in [-0.05, 0) is 24.7 Å². The number of nitrogens with zero attached hydrogens (tertiary/aromatic N) is 1. The fraction of sp³-hybridized carbons (Fsp3) is 0.538. The van der Waals surface area contributed by atoms with Crippen LogP contribution < -0.4 is 10.5 Å². The first-order chi connectivity index (χ1) is 9.40. The molecule has 0 amide bonds. The van der Waals surface area contributed by atoms with Crippen LogP contribution in [0.2, 0.25) is 0 Å². The third-order valence-corrected chi connectivity index (χ3v) is 2.49. The zero-order valence-corrected chi connectivity index (χ0v) is 12.5. The van der Waals surface area contributed by atoms with E-state index in [4.69, 9.17) is 10.5 Å². The van der Waals surface area contributed by atoms with Crippen LogP contribution in [0.15, 0.2) is 24.3 Å². The summed E-state index contributed by atoms with van der Waals surface area (Å²) in [5.41, 5.74) is 6.20. The molecule has 1 rings (SSSR count). The summed E-state index contributed by atoms with van der Waals surface area (Å²) in [6.45, 7) is 2.93. The van der Waals surface area contributed by atoms with Crippen LogP contribution in [0.4, 0.5) is 13.2 Å². The van der Waals surface area contributed by atoms with E-state index >= 15 is 0 Å². The van der Waals surface area contributed by atoms with E-state index in [1.165, 1.54) is 12.1 Å². The zero-order valence-electron chi connectivity index (χ0n) is 11.7. The van der Waals surface area contributed by atoms with Crippen molar-refractivity contribution in [2.75, 3.05) is 33.4 Å². The van der Waals surface area contributed by atoms with E-state index in [1.807, 2.05) is 11.9 Å². The van der Waals surface area contributed by atoms with Crippen LogP contribution in [-0.2, 0) is 11.3 Å². The first-order valence-electron chi connectivity index (χ1n) is 6.22. The molecule has 0 bridgehead atoms. The van der Waals surface area contributed by atoms with Crippen molar-refractivity contribution in [2.24, 2.45) is 5.73 Å². The number of benzene rings is 1. The van der Waals surface area contributed by atoms with Crippen LogP contribution in [0.5, 0.6) is 5.75 Å². The average molecular weight is 329 g/mol. The van der Waals surface area contributed by atoms with Crippen LogP contribution in [0, 0.1) is 0 Å². The van der Waals surface area contributed by atoms with Gasteiger partial charge in [-0.15, -0.1) is 25.6 Å². The van der Waals surface area contributed by atoms with Gasteiger partial charge in [-0.3, -0.25) is 4.90 Å². The van der Waals surface area contributed by atoms with Crippen LogP contribution in [0.3, 0.4) is 0 Å². The lowest BCUT2D eigenvalue weighted by Crippen LogP contribution is -2.24. The molecule has 0 unspecified atom stereocenters. The molecule has 0 aliphatic rings. The Bertz CT molecular complexity index is 388. The number of rotatable bonds is 8. The van der Waals surface area contributed by atoms with Gasteiger partial charge in [-0.25, -0.2) is 0 Å². The molecule has 0 saturated heterocycles. The Morgan fingerprint density at radius 1 is 1.14 bits per heavy atom. The first-order valence-corrected chi connectivity index (χ1v) is 6.22. The highest BCUT2D eigenvalue weighted by atomic mass is 35.5. The Balaban J connectivity index is 0.00000400. The van der Waals surface area contributed by atoms with Crippen molar-refractivity contribution in [1.82, 2.24) is 4.90 Å². The molecule has 122 valence electrons. The molecule has 8 heteroatoms. The minimum absolute atomic E-state index is 0. The zero-order chi connectivity index (χ0) is 15.0. The average Bonchev–Trinajstić information content (AvgIpc) is 2.35. The van der Waals surface area contributed by atoms with Crippen molar-refractivity contribution in [3.8, 4) is 5.75 Å². The van der Waals surface area contributed by atoms with Gasteiger partial charge in [0.25, 0.3) is 0 Å². The molecule has 0 atom stereocenters. The number of halogens is 4.